The Bertz CT molecular complexity index is 357. The van der Waals surface area contributed by atoms with E-state index < -0.39 is 0 Å². The standard InChI is InChI=1S/C13H22N4/c1-3-4-11-5-6-17(8-11)9-13-15-10(2)7-12(14)16-13/h7,11H,3-6,8-9H2,1-2H3,(H2,14,15,16). The number of hydrogen-bond acceptors (Lipinski definition) is 4. The van der Waals surface area contributed by atoms with E-state index in [0.717, 1.165) is 24.0 Å². The van der Waals surface area contributed by atoms with Gasteiger partial charge in [-0.15, -0.1) is 0 Å². The molecule has 2 N–H and O–H groups in total. The van der Waals surface area contributed by atoms with Gasteiger partial charge in [0.25, 0.3) is 0 Å². The molecule has 0 radical (unpaired) electrons. The minimum absolute atomic E-state index is 0.580. The molecule has 4 heteroatoms. The second kappa shape index (κ2) is 5.45. The van der Waals surface area contributed by atoms with E-state index in [1.165, 1.54) is 32.4 Å². The van der Waals surface area contributed by atoms with Crippen molar-refractivity contribution in [2.45, 2.75) is 39.7 Å². The van der Waals surface area contributed by atoms with Crippen molar-refractivity contribution in [2.24, 2.45) is 5.92 Å². The molecule has 0 bridgehead atoms. The van der Waals surface area contributed by atoms with E-state index in [0.29, 0.717) is 5.82 Å². The van der Waals surface area contributed by atoms with Gasteiger partial charge in [-0.3, -0.25) is 4.90 Å². The predicted octanol–water partition coefficient (Wildman–Crippen LogP) is 1.99. The molecule has 1 fully saturated rings. The van der Waals surface area contributed by atoms with Gasteiger partial charge < -0.3 is 5.73 Å². The molecule has 2 heterocycles. The molecule has 0 saturated carbocycles. The third-order valence-corrected chi connectivity index (χ3v) is 3.35. The Balaban J connectivity index is 1.93. The number of nitrogen functional groups attached to an aromatic ring is 1. The fourth-order valence-corrected chi connectivity index (χ4v) is 2.63. The minimum atomic E-state index is 0.580. The average Bonchev–Trinajstić information content (AvgIpc) is 2.64. The van der Waals surface area contributed by atoms with E-state index >= 15 is 0 Å². The van der Waals surface area contributed by atoms with Crippen LogP contribution in [0.3, 0.4) is 0 Å². The second-order valence-electron chi connectivity index (χ2n) is 5.03. The van der Waals surface area contributed by atoms with Crippen molar-refractivity contribution in [3.05, 3.63) is 17.6 Å². The van der Waals surface area contributed by atoms with Gasteiger partial charge in [-0.25, -0.2) is 9.97 Å². The summed E-state index contributed by atoms with van der Waals surface area (Å²) in [5.41, 5.74) is 6.69. The van der Waals surface area contributed by atoms with E-state index in [2.05, 4.69) is 21.8 Å². The van der Waals surface area contributed by atoms with Gasteiger partial charge in [-0.05, 0) is 32.2 Å². The van der Waals surface area contributed by atoms with Crippen LogP contribution in [0.25, 0.3) is 0 Å². The third kappa shape index (κ3) is 3.40. The SMILES string of the molecule is CCCC1CCN(Cc2nc(C)cc(N)n2)C1. The maximum atomic E-state index is 5.74. The lowest BCUT2D eigenvalue weighted by Gasteiger charge is -2.15. The zero-order chi connectivity index (χ0) is 12.3. The summed E-state index contributed by atoms with van der Waals surface area (Å²) in [5, 5.41) is 0. The van der Waals surface area contributed by atoms with Crippen LogP contribution in [0.1, 0.15) is 37.7 Å². The first kappa shape index (κ1) is 12.3. The highest BCUT2D eigenvalue weighted by atomic mass is 15.2. The maximum absolute atomic E-state index is 5.74. The largest absolute Gasteiger partial charge is 0.384 e. The zero-order valence-electron chi connectivity index (χ0n) is 10.8. The quantitative estimate of drug-likeness (QED) is 0.865. The molecule has 1 unspecified atom stereocenters. The van der Waals surface area contributed by atoms with Gasteiger partial charge in [-0.1, -0.05) is 13.3 Å². The summed E-state index contributed by atoms with van der Waals surface area (Å²) in [6, 6.07) is 1.81. The molecule has 1 aromatic heterocycles. The van der Waals surface area contributed by atoms with Gasteiger partial charge in [0, 0.05) is 18.3 Å². The van der Waals surface area contributed by atoms with Crippen LogP contribution in [0.4, 0.5) is 5.82 Å². The van der Waals surface area contributed by atoms with Crippen molar-refractivity contribution in [1.29, 1.82) is 0 Å². The zero-order valence-corrected chi connectivity index (χ0v) is 10.8. The molecule has 0 spiro atoms. The molecule has 1 aliphatic heterocycles. The van der Waals surface area contributed by atoms with E-state index in [4.69, 9.17) is 5.73 Å². The number of anilines is 1. The Morgan fingerprint density at radius 2 is 2.29 bits per heavy atom. The lowest BCUT2D eigenvalue weighted by molar-refractivity contribution is 0.305. The number of nitrogens with zero attached hydrogens (tertiary/aromatic N) is 3. The summed E-state index contributed by atoms with van der Waals surface area (Å²) in [7, 11) is 0. The summed E-state index contributed by atoms with van der Waals surface area (Å²) < 4.78 is 0. The summed E-state index contributed by atoms with van der Waals surface area (Å²) in [6.45, 7) is 7.41. The second-order valence-corrected chi connectivity index (χ2v) is 5.03. The molecule has 0 aromatic carbocycles. The Morgan fingerprint density at radius 3 is 3.00 bits per heavy atom. The van der Waals surface area contributed by atoms with Crippen LogP contribution in [0.5, 0.6) is 0 Å². The fraction of sp³-hybridized carbons (Fsp3) is 0.692. The lowest BCUT2D eigenvalue weighted by Crippen LogP contribution is -2.22. The number of hydrogen-bond donors (Lipinski definition) is 1. The topological polar surface area (TPSA) is 55.0 Å². The highest BCUT2D eigenvalue weighted by Gasteiger charge is 2.22. The molecule has 94 valence electrons. The minimum Gasteiger partial charge on any atom is -0.384 e. The number of nitrogens with two attached hydrogens (primary N) is 1. The Kier molecular flexibility index (Phi) is 3.94. The molecule has 0 amide bonds. The number of aryl methyl sites for hydroxylation is 1. The first-order chi connectivity index (χ1) is 8.17. The van der Waals surface area contributed by atoms with Crippen LogP contribution in [-0.4, -0.2) is 28.0 Å². The summed E-state index contributed by atoms with van der Waals surface area (Å²) in [6.07, 6.45) is 3.94. The highest BCUT2D eigenvalue weighted by Crippen LogP contribution is 2.21. The Hall–Kier alpha value is -1.16. The van der Waals surface area contributed by atoms with Gasteiger partial charge in [0.2, 0.25) is 0 Å². The van der Waals surface area contributed by atoms with Crippen LogP contribution in [0, 0.1) is 12.8 Å². The molecule has 1 atom stereocenters. The monoisotopic (exact) mass is 234 g/mol. The molecule has 0 aliphatic carbocycles. The first-order valence-electron chi connectivity index (χ1n) is 6.49. The van der Waals surface area contributed by atoms with Gasteiger partial charge in [0.1, 0.15) is 11.6 Å². The van der Waals surface area contributed by atoms with Gasteiger partial charge in [-0.2, -0.15) is 0 Å². The average molecular weight is 234 g/mol. The molecular formula is C13H22N4. The van der Waals surface area contributed by atoms with Crippen LogP contribution >= 0.6 is 0 Å². The van der Waals surface area contributed by atoms with Crippen LogP contribution in [-0.2, 0) is 6.54 Å². The molecular weight excluding hydrogens is 212 g/mol. The predicted molar refractivity (Wildman–Crippen MR) is 69.5 cm³/mol. The first-order valence-corrected chi connectivity index (χ1v) is 6.49. The fourth-order valence-electron chi connectivity index (χ4n) is 2.63. The number of likely N-dealkylation sites (tertiary alicyclic amines) is 1. The van der Waals surface area contributed by atoms with Gasteiger partial charge >= 0.3 is 0 Å². The summed E-state index contributed by atoms with van der Waals surface area (Å²) in [4.78, 5) is 11.2. The van der Waals surface area contributed by atoms with Crippen molar-refractivity contribution in [3.63, 3.8) is 0 Å². The summed E-state index contributed by atoms with van der Waals surface area (Å²) >= 11 is 0. The summed E-state index contributed by atoms with van der Waals surface area (Å²) in [5.74, 6) is 2.30. The van der Waals surface area contributed by atoms with Gasteiger partial charge in [0.15, 0.2) is 0 Å². The maximum Gasteiger partial charge on any atom is 0.144 e. The van der Waals surface area contributed by atoms with Crippen LogP contribution in [0.15, 0.2) is 6.07 Å². The van der Waals surface area contributed by atoms with E-state index in [1.807, 2.05) is 13.0 Å². The van der Waals surface area contributed by atoms with Crippen molar-refractivity contribution >= 4 is 5.82 Å². The van der Waals surface area contributed by atoms with Crippen molar-refractivity contribution in [2.75, 3.05) is 18.8 Å². The van der Waals surface area contributed by atoms with Crippen LogP contribution < -0.4 is 5.73 Å². The Labute approximate surface area is 103 Å². The van der Waals surface area contributed by atoms with Crippen LogP contribution in [0.2, 0.25) is 0 Å². The highest BCUT2D eigenvalue weighted by molar-refractivity contribution is 5.29. The molecule has 1 saturated heterocycles. The lowest BCUT2D eigenvalue weighted by atomic mass is 10.0. The van der Waals surface area contributed by atoms with Crippen molar-refractivity contribution in [1.82, 2.24) is 14.9 Å². The Morgan fingerprint density at radius 1 is 1.47 bits per heavy atom. The van der Waals surface area contributed by atoms with Crippen molar-refractivity contribution in [3.8, 4) is 0 Å². The number of rotatable bonds is 4. The molecule has 17 heavy (non-hydrogen) atoms. The molecule has 4 nitrogen and oxygen atoms in total. The van der Waals surface area contributed by atoms with E-state index in [-0.39, 0.29) is 0 Å². The normalized spacial score (nSPS) is 20.9. The molecule has 1 aliphatic rings. The smallest absolute Gasteiger partial charge is 0.144 e. The molecule has 1 aromatic rings. The molecule has 2 rings (SSSR count). The van der Waals surface area contributed by atoms with E-state index in [1.54, 1.807) is 0 Å². The van der Waals surface area contributed by atoms with E-state index in [9.17, 15) is 0 Å². The number of aromatic nitrogens is 2. The van der Waals surface area contributed by atoms with Gasteiger partial charge in [0.05, 0.1) is 6.54 Å². The third-order valence-electron chi connectivity index (χ3n) is 3.35. The van der Waals surface area contributed by atoms with Crippen molar-refractivity contribution < 1.29 is 0 Å².